The van der Waals surface area contributed by atoms with E-state index in [9.17, 15) is 4.79 Å². The maximum Gasteiger partial charge on any atom is 0.338 e. The van der Waals surface area contributed by atoms with Crippen LogP contribution in [-0.4, -0.2) is 38.9 Å². The first kappa shape index (κ1) is 20.0. The highest BCUT2D eigenvalue weighted by Gasteiger charge is 2.12. The Morgan fingerprint density at radius 3 is 2.20 bits per heavy atom. The van der Waals surface area contributed by atoms with E-state index in [1.165, 1.54) is 0 Å². The van der Waals surface area contributed by atoms with E-state index in [2.05, 4.69) is 20.1 Å². The minimum absolute atomic E-state index is 0.277. The average Bonchev–Trinajstić information content (AvgIpc) is 2.62. The van der Waals surface area contributed by atoms with E-state index in [4.69, 9.17) is 25.3 Å². The lowest BCUT2D eigenvalue weighted by Gasteiger charge is -2.13. The van der Waals surface area contributed by atoms with E-state index < -0.39 is 5.97 Å². The van der Waals surface area contributed by atoms with Gasteiger partial charge in [-0.05, 0) is 49.0 Å². The molecule has 0 spiro atoms. The van der Waals surface area contributed by atoms with E-state index in [1.807, 2.05) is 0 Å². The van der Waals surface area contributed by atoms with Crippen molar-refractivity contribution in [1.29, 1.82) is 0 Å². The van der Waals surface area contributed by atoms with Crippen molar-refractivity contribution in [2.75, 3.05) is 32.9 Å². The fraction of sp³-hybridized carbons (Fsp3) is 0.533. The minimum Gasteiger partial charge on any atom is -0.490 e. The number of hydrogen-bond acceptors (Lipinski definition) is 6. The van der Waals surface area contributed by atoms with Crippen LogP contribution in [0.25, 0.3) is 20.9 Å². The summed E-state index contributed by atoms with van der Waals surface area (Å²) in [6, 6.07) is 4.77. The van der Waals surface area contributed by atoms with Crippen LogP contribution in [0.4, 0.5) is 0 Å². The molecule has 0 atom stereocenters. The number of ether oxygens (including phenoxy) is 3. The Hall–Kier alpha value is -3.09. The van der Waals surface area contributed by atoms with Crippen LogP contribution in [0, 0.1) is 0 Å². The summed E-state index contributed by atoms with van der Waals surface area (Å²) in [5.74, 6) is 0.421. The summed E-state index contributed by atoms with van der Waals surface area (Å²) in [4.78, 5) is 17.2. The van der Waals surface area contributed by atoms with Crippen molar-refractivity contribution in [2.24, 2.45) is 10.2 Å². The molecule has 0 radical (unpaired) electrons. The molecule has 0 saturated carbocycles. The second kappa shape index (κ2) is 12.3. The molecule has 10 heteroatoms. The molecule has 0 aromatic heterocycles. The summed E-state index contributed by atoms with van der Waals surface area (Å²) in [5, 5.41) is 6.86. The lowest BCUT2D eigenvalue weighted by Crippen LogP contribution is -2.08. The summed E-state index contributed by atoms with van der Waals surface area (Å²) < 4.78 is 16.2. The molecular formula is C15H20N6O4. The molecule has 25 heavy (non-hydrogen) atoms. The molecule has 10 nitrogen and oxygen atoms in total. The Balaban J connectivity index is 2.75. The van der Waals surface area contributed by atoms with Gasteiger partial charge >= 0.3 is 5.97 Å². The molecule has 0 fully saturated rings. The maximum absolute atomic E-state index is 11.8. The molecule has 0 heterocycles. The molecule has 1 aromatic rings. The fourth-order valence-corrected chi connectivity index (χ4v) is 1.81. The van der Waals surface area contributed by atoms with Gasteiger partial charge in [0.2, 0.25) is 0 Å². The Morgan fingerprint density at radius 2 is 1.64 bits per heavy atom. The normalized spacial score (nSPS) is 9.48. The largest absolute Gasteiger partial charge is 0.490 e. The van der Waals surface area contributed by atoms with Crippen LogP contribution in [0.15, 0.2) is 28.4 Å². The Bertz CT molecular complexity index is 653. The summed E-state index contributed by atoms with van der Waals surface area (Å²) in [6.07, 6.45) is 1.09. The van der Waals surface area contributed by atoms with Gasteiger partial charge in [0.1, 0.15) is 0 Å². The van der Waals surface area contributed by atoms with Gasteiger partial charge in [-0.3, -0.25) is 0 Å². The molecule has 0 saturated heterocycles. The van der Waals surface area contributed by atoms with Crippen LogP contribution in [0.5, 0.6) is 11.5 Å². The minimum atomic E-state index is -0.448. The van der Waals surface area contributed by atoms with E-state index in [0.717, 1.165) is 0 Å². The van der Waals surface area contributed by atoms with Gasteiger partial charge in [0, 0.05) is 22.9 Å². The van der Waals surface area contributed by atoms with Crippen molar-refractivity contribution in [2.45, 2.75) is 19.8 Å². The summed E-state index contributed by atoms with van der Waals surface area (Å²) in [5.41, 5.74) is 16.8. The van der Waals surface area contributed by atoms with Gasteiger partial charge in [-0.15, -0.1) is 0 Å². The van der Waals surface area contributed by atoms with Gasteiger partial charge in [-0.2, -0.15) is 0 Å². The molecule has 0 aliphatic carbocycles. The lowest BCUT2D eigenvalue weighted by molar-refractivity contribution is 0.0525. The summed E-state index contributed by atoms with van der Waals surface area (Å²) in [6.45, 7) is 3.30. The van der Waals surface area contributed by atoms with Crippen LogP contribution >= 0.6 is 0 Å². The predicted octanol–water partition coefficient (Wildman–Crippen LogP) is 4.02. The molecule has 0 unspecified atom stereocenters. The molecule has 134 valence electrons. The van der Waals surface area contributed by atoms with Crippen LogP contribution < -0.4 is 9.47 Å². The zero-order valence-electron chi connectivity index (χ0n) is 14.0. The molecule has 0 amide bonds. The van der Waals surface area contributed by atoms with E-state index in [0.29, 0.717) is 56.2 Å². The maximum atomic E-state index is 11.8. The SMILES string of the molecule is CCOC(=O)c1ccc(OCCCN=[N+]=[N-])c(OCCCN=[N+]=[N-])c1. The van der Waals surface area contributed by atoms with Gasteiger partial charge in [0.25, 0.3) is 0 Å². The molecule has 1 aromatic carbocycles. The topological polar surface area (TPSA) is 142 Å². The van der Waals surface area contributed by atoms with E-state index >= 15 is 0 Å². The van der Waals surface area contributed by atoms with Crippen LogP contribution in [0.2, 0.25) is 0 Å². The molecule has 0 aliphatic heterocycles. The number of rotatable bonds is 12. The highest BCUT2D eigenvalue weighted by Crippen LogP contribution is 2.29. The molecule has 0 bridgehead atoms. The van der Waals surface area contributed by atoms with Crippen molar-refractivity contribution < 1.29 is 19.0 Å². The van der Waals surface area contributed by atoms with Crippen molar-refractivity contribution >= 4 is 5.97 Å². The van der Waals surface area contributed by atoms with E-state index in [-0.39, 0.29) is 6.61 Å². The van der Waals surface area contributed by atoms with Gasteiger partial charge in [0.05, 0.1) is 25.4 Å². The quantitative estimate of drug-likeness (QED) is 0.185. The van der Waals surface area contributed by atoms with Crippen molar-refractivity contribution in [1.82, 2.24) is 0 Å². The average molecular weight is 348 g/mol. The zero-order chi connectivity index (χ0) is 18.3. The molecule has 0 aliphatic rings. The molecule has 1 rings (SSSR count). The van der Waals surface area contributed by atoms with Crippen molar-refractivity contribution in [3.8, 4) is 11.5 Å². The third-order valence-electron chi connectivity index (χ3n) is 2.90. The number of nitrogens with zero attached hydrogens (tertiary/aromatic N) is 6. The third kappa shape index (κ3) is 7.83. The molecule has 0 N–H and O–H groups in total. The highest BCUT2D eigenvalue weighted by molar-refractivity contribution is 5.90. The number of carbonyl (C=O) groups is 1. The van der Waals surface area contributed by atoms with Crippen LogP contribution in [0.1, 0.15) is 30.1 Å². The fourth-order valence-electron chi connectivity index (χ4n) is 1.81. The smallest absolute Gasteiger partial charge is 0.338 e. The lowest BCUT2D eigenvalue weighted by atomic mass is 10.2. The standard InChI is InChI=1S/C15H20N6O4/c1-2-23-15(22)12-5-6-13(24-9-3-7-18-20-16)14(11-12)25-10-4-8-19-21-17/h5-6,11H,2-4,7-10H2,1H3. The summed E-state index contributed by atoms with van der Waals surface area (Å²) >= 11 is 0. The van der Waals surface area contributed by atoms with Gasteiger partial charge in [-0.25, -0.2) is 4.79 Å². The zero-order valence-corrected chi connectivity index (χ0v) is 14.0. The monoisotopic (exact) mass is 348 g/mol. The number of azide groups is 2. The van der Waals surface area contributed by atoms with E-state index in [1.54, 1.807) is 25.1 Å². The first-order valence-electron chi connectivity index (χ1n) is 7.81. The van der Waals surface area contributed by atoms with Crippen LogP contribution in [-0.2, 0) is 4.74 Å². The number of hydrogen-bond donors (Lipinski definition) is 0. The predicted molar refractivity (Wildman–Crippen MR) is 90.6 cm³/mol. The van der Waals surface area contributed by atoms with Crippen molar-refractivity contribution in [3.63, 3.8) is 0 Å². The van der Waals surface area contributed by atoms with Gasteiger partial charge in [0.15, 0.2) is 11.5 Å². The Kier molecular flexibility index (Phi) is 9.86. The second-order valence-electron chi connectivity index (χ2n) is 4.69. The number of esters is 1. The number of benzene rings is 1. The van der Waals surface area contributed by atoms with Crippen molar-refractivity contribution in [3.05, 3.63) is 44.6 Å². The first-order valence-corrected chi connectivity index (χ1v) is 7.81. The third-order valence-corrected chi connectivity index (χ3v) is 2.90. The van der Waals surface area contributed by atoms with Gasteiger partial charge in [-0.1, -0.05) is 10.2 Å². The molecular weight excluding hydrogens is 328 g/mol. The highest BCUT2D eigenvalue weighted by atomic mass is 16.5. The summed E-state index contributed by atoms with van der Waals surface area (Å²) in [7, 11) is 0. The van der Waals surface area contributed by atoms with Crippen LogP contribution in [0.3, 0.4) is 0 Å². The first-order chi connectivity index (χ1) is 12.2. The Morgan fingerprint density at radius 1 is 1.04 bits per heavy atom. The Labute approximate surface area is 144 Å². The second-order valence-corrected chi connectivity index (χ2v) is 4.69. The number of carbonyl (C=O) groups excluding carboxylic acids is 1. The van der Waals surface area contributed by atoms with Gasteiger partial charge < -0.3 is 14.2 Å².